The number of hydrogen-bond donors (Lipinski definition) is 3. The van der Waals surface area contributed by atoms with Crippen molar-refractivity contribution in [2.75, 3.05) is 6.54 Å². The molecule has 0 radical (unpaired) electrons. The van der Waals surface area contributed by atoms with Gasteiger partial charge in [0.15, 0.2) is 0 Å². The molecule has 0 aliphatic rings. The summed E-state index contributed by atoms with van der Waals surface area (Å²) >= 11 is 0. The number of unbranched alkanes of at least 4 members (excludes halogenated alkanes) is 5. The van der Waals surface area contributed by atoms with E-state index in [2.05, 4.69) is 12.2 Å². The number of rotatable bonds is 12. The third-order valence-corrected chi connectivity index (χ3v) is 3.13. The van der Waals surface area contributed by atoms with Crippen molar-refractivity contribution < 1.29 is 9.59 Å². The van der Waals surface area contributed by atoms with E-state index in [1.165, 1.54) is 19.3 Å². The number of hydrogen-bond acceptors (Lipinski definition) is 3. The normalized spacial score (nSPS) is 12.1. The van der Waals surface area contributed by atoms with Gasteiger partial charge in [0, 0.05) is 6.42 Å². The van der Waals surface area contributed by atoms with Gasteiger partial charge >= 0.3 is 0 Å². The van der Waals surface area contributed by atoms with Gasteiger partial charge in [0.25, 0.3) is 0 Å². The van der Waals surface area contributed by atoms with Gasteiger partial charge in [-0.05, 0) is 32.2 Å². The molecule has 0 saturated carbocycles. The Kier molecular flexibility index (Phi) is 11.3. The Morgan fingerprint density at radius 3 is 2.32 bits per heavy atom. The highest BCUT2D eigenvalue weighted by Gasteiger charge is 2.16. The second-order valence-corrected chi connectivity index (χ2v) is 4.97. The van der Waals surface area contributed by atoms with Crippen LogP contribution < -0.4 is 16.8 Å². The Labute approximate surface area is 116 Å². The summed E-state index contributed by atoms with van der Waals surface area (Å²) in [7, 11) is 0. The van der Waals surface area contributed by atoms with E-state index >= 15 is 0 Å². The molecule has 1 unspecified atom stereocenters. The molecule has 0 aromatic rings. The first-order valence-electron chi connectivity index (χ1n) is 7.40. The van der Waals surface area contributed by atoms with Gasteiger partial charge in [-0.3, -0.25) is 9.59 Å². The van der Waals surface area contributed by atoms with E-state index < -0.39 is 11.9 Å². The molecule has 0 spiro atoms. The highest BCUT2D eigenvalue weighted by atomic mass is 16.2. The molecular formula is C14H29N3O2. The minimum Gasteiger partial charge on any atom is -0.368 e. The summed E-state index contributed by atoms with van der Waals surface area (Å²) in [4.78, 5) is 22.9. The molecule has 5 nitrogen and oxygen atoms in total. The lowest BCUT2D eigenvalue weighted by Gasteiger charge is -2.15. The molecule has 2 amide bonds. The maximum absolute atomic E-state index is 11.7. The van der Waals surface area contributed by atoms with Gasteiger partial charge in [0.05, 0.1) is 0 Å². The Balaban J connectivity index is 3.80. The molecule has 112 valence electrons. The Morgan fingerprint density at radius 1 is 1.05 bits per heavy atom. The standard InChI is InChI=1S/C14H29N3O2/c1-2-3-4-5-6-10-13(18)17-12(14(16)19)9-7-8-11-15/h12H,2-11,15H2,1H3,(H2,16,19)(H,17,18). The van der Waals surface area contributed by atoms with Gasteiger partial charge in [-0.1, -0.05) is 32.6 Å². The summed E-state index contributed by atoms with van der Waals surface area (Å²) in [5, 5.41) is 2.71. The molecule has 0 bridgehead atoms. The first kappa shape index (κ1) is 17.9. The number of nitrogens with two attached hydrogens (primary N) is 2. The fraction of sp³-hybridized carbons (Fsp3) is 0.857. The van der Waals surface area contributed by atoms with Crippen molar-refractivity contribution >= 4 is 11.8 Å². The number of carbonyl (C=O) groups excluding carboxylic acids is 2. The largest absolute Gasteiger partial charge is 0.368 e. The highest BCUT2D eigenvalue weighted by molar-refractivity contribution is 5.86. The molecule has 5 heteroatoms. The van der Waals surface area contributed by atoms with Crippen molar-refractivity contribution in [3.8, 4) is 0 Å². The lowest BCUT2D eigenvalue weighted by atomic mass is 10.1. The molecule has 0 fully saturated rings. The van der Waals surface area contributed by atoms with Crippen molar-refractivity contribution in [1.82, 2.24) is 5.32 Å². The minimum absolute atomic E-state index is 0.0759. The number of nitrogens with one attached hydrogen (secondary N) is 1. The number of amides is 2. The van der Waals surface area contributed by atoms with Crippen LogP contribution >= 0.6 is 0 Å². The highest BCUT2D eigenvalue weighted by Crippen LogP contribution is 2.06. The van der Waals surface area contributed by atoms with E-state index in [9.17, 15) is 9.59 Å². The molecule has 0 aromatic heterocycles. The smallest absolute Gasteiger partial charge is 0.239 e. The summed E-state index contributed by atoms with van der Waals surface area (Å²) < 4.78 is 0. The van der Waals surface area contributed by atoms with E-state index in [-0.39, 0.29) is 5.91 Å². The van der Waals surface area contributed by atoms with E-state index in [1.54, 1.807) is 0 Å². The van der Waals surface area contributed by atoms with Gasteiger partial charge < -0.3 is 16.8 Å². The van der Waals surface area contributed by atoms with Crippen LogP contribution in [-0.2, 0) is 9.59 Å². The Morgan fingerprint density at radius 2 is 1.74 bits per heavy atom. The average Bonchev–Trinajstić information content (AvgIpc) is 2.37. The first-order valence-corrected chi connectivity index (χ1v) is 7.40. The van der Waals surface area contributed by atoms with Crippen molar-refractivity contribution in [1.29, 1.82) is 0 Å². The maximum atomic E-state index is 11.7. The molecule has 0 aromatic carbocycles. The predicted molar refractivity (Wildman–Crippen MR) is 77.4 cm³/mol. The van der Waals surface area contributed by atoms with Gasteiger partial charge in [-0.2, -0.15) is 0 Å². The van der Waals surface area contributed by atoms with Crippen LogP contribution in [0.2, 0.25) is 0 Å². The van der Waals surface area contributed by atoms with Crippen LogP contribution in [0.5, 0.6) is 0 Å². The quantitative estimate of drug-likeness (QED) is 0.468. The fourth-order valence-electron chi connectivity index (χ4n) is 1.93. The average molecular weight is 271 g/mol. The van der Waals surface area contributed by atoms with Gasteiger partial charge in [0.2, 0.25) is 11.8 Å². The van der Waals surface area contributed by atoms with Crippen molar-refractivity contribution in [2.24, 2.45) is 11.5 Å². The molecule has 0 rings (SSSR count). The van der Waals surface area contributed by atoms with Crippen LogP contribution in [0.4, 0.5) is 0 Å². The molecule has 19 heavy (non-hydrogen) atoms. The molecule has 0 aliphatic heterocycles. The van der Waals surface area contributed by atoms with Gasteiger partial charge in [-0.25, -0.2) is 0 Å². The third-order valence-electron chi connectivity index (χ3n) is 3.13. The molecule has 5 N–H and O–H groups in total. The van der Waals surface area contributed by atoms with Crippen LogP contribution in [0, 0.1) is 0 Å². The molecule has 0 saturated heterocycles. The van der Waals surface area contributed by atoms with Crippen LogP contribution in [-0.4, -0.2) is 24.4 Å². The van der Waals surface area contributed by atoms with E-state index in [0.29, 0.717) is 19.4 Å². The predicted octanol–water partition coefficient (Wildman–Crippen LogP) is 1.45. The number of primary amides is 1. The molecule has 0 heterocycles. The minimum atomic E-state index is -0.547. The van der Waals surface area contributed by atoms with Crippen LogP contribution in [0.1, 0.15) is 64.7 Å². The summed E-state index contributed by atoms with van der Waals surface area (Å²) in [6, 6.07) is -0.547. The molecule has 1 atom stereocenters. The summed E-state index contributed by atoms with van der Waals surface area (Å²) in [6.07, 6.45) is 8.22. The zero-order chi connectivity index (χ0) is 14.5. The second kappa shape index (κ2) is 12.0. The monoisotopic (exact) mass is 271 g/mol. The van der Waals surface area contributed by atoms with Gasteiger partial charge in [0.1, 0.15) is 6.04 Å². The summed E-state index contributed by atoms with van der Waals surface area (Å²) in [5.41, 5.74) is 10.7. The fourth-order valence-corrected chi connectivity index (χ4v) is 1.93. The molecule has 0 aliphatic carbocycles. The maximum Gasteiger partial charge on any atom is 0.239 e. The Bertz CT molecular complexity index is 257. The SMILES string of the molecule is CCCCCCCC(=O)NC(CCCCN)C(N)=O. The zero-order valence-electron chi connectivity index (χ0n) is 12.1. The third kappa shape index (κ3) is 10.5. The van der Waals surface area contributed by atoms with E-state index in [1.807, 2.05) is 0 Å². The van der Waals surface area contributed by atoms with Crippen LogP contribution in [0.15, 0.2) is 0 Å². The summed E-state index contributed by atoms with van der Waals surface area (Å²) in [6.45, 7) is 2.75. The topological polar surface area (TPSA) is 98.2 Å². The van der Waals surface area contributed by atoms with Gasteiger partial charge in [-0.15, -0.1) is 0 Å². The van der Waals surface area contributed by atoms with Crippen molar-refractivity contribution in [3.63, 3.8) is 0 Å². The van der Waals surface area contributed by atoms with E-state index in [0.717, 1.165) is 25.7 Å². The lowest BCUT2D eigenvalue weighted by molar-refractivity contribution is -0.127. The van der Waals surface area contributed by atoms with Crippen LogP contribution in [0.3, 0.4) is 0 Å². The lowest BCUT2D eigenvalue weighted by Crippen LogP contribution is -2.44. The summed E-state index contributed by atoms with van der Waals surface area (Å²) in [5.74, 6) is -0.538. The van der Waals surface area contributed by atoms with Crippen molar-refractivity contribution in [3.05, 3.63) is 0 Å². The van der Waals surface area contributed by atoms with E-state index in [4.69, 9.17) is 11.5 Å². The zero-order valence-corrected chi connectivity index (χ0v) is 12.1. The molecular weight excluding hydrogens is 242 g/mol. The number of carbonyl (C=O) groups is 2. The Hall–Kier alpha value is -1.10. The first-order chi connectivity index (χ1) is 9.11. The van der Waals surface area contributed by atoms with Crippen LogP contribution in [0.25, 0.3) is 0 Å². The second-order valence-electron chi connectivity index (χ2n) is 4.97. The van der Waals surface area contributed by atoms with Crippen molar-refractivity contribution in [2.45, 2.75) is 70.8 Å².